The number of piperidine rings is 2. The first-order chi connectivity index (χ1) is 25.3. The molecule has 2 aromatic carbocycles. The first kappa shape index (κ1) is 38.1. The molecule has 4 heterocycles. The van der Waals surface area contributed by atoms with Crippen LogP contribution in [0.5, 0.6) is 5.75 Å². The van der Waals surface area contributed by atoms with Crippen molar-refractivity contribution in [3.05, 3.63) is 88.3 Å². The minimum atomic E-state index is -3.57. The van der Waals surface area contributed by atoms with Crippen molar-refractivity contribution in [1.29, 1.82) is 0 Å². The Morgan fingerprint density at radius 3 is 2.40 bits per heavy atom. The Hall–Kier alpha value is -4.59. The van der Waals surface area contributed by atoms with E-state index in [-0.39, 0.29) is 45.5 Å². The van der Waals surface area contributed by atoms with E-state index in [4.69, 9.17) is 16.3 Å². The maximum Gasteiger partial charge on any atom is 0.234 e. The third kappa shape index (κ3) is 8.97. The largest absolute Gasteiger partial charge is 0.489 e. The average Bonchev–Trinajstić information content (AvgIpc) is 3.11. The van der Waals surface area contributed by atoms with E-state index in [2.05, 4.69) is 54.9 Å². The third-order valence-corrected chi connectivity index (χ3v) is 12.2. The van der Waals surface area contributed by atoms with E-state index in [1.54, 1.807) is 44.3 Å². The van der Waals surface area contributed by atoms with Gasteiger partial charge in [0.1, 0.15) is 10.8 Å². The smallest absolute Gasteiger partial charge is 0.234 e. The van der Waals surface area contributed by atoms with Gasteiger partial charge in [-0.15, -0.1) is 0 Å². The lowest BCUT2D eigenvalue weighted by atomic mass is 9.86. The zero-order valence-electron chi connectivity index (χ0n) is 30.6. The number of pyridine rings is 1. The number of carbonyl (C=O) groups is 2. The highest BCUT2D eigenvalue weighted by atomic mass is 35.5. The number of amides is 2. The average molecular weight is 760 g/mol. The highest BCUT2D eigenvalue weighted by Gasteiger charge is 2.29. The number of ether oxygens (including phenoxy) is 1. The summed E-state index contributed by atoms with van der Waals surface area (Å²) in [7, 11) is -3.57. The molecule has 0 aliphatic carbocycles. The minimum absolute atomic E-state index is 0.0791. The van der Waals surface area contributed by atoms with Crippen LogP contribution >= 0.6 is 11.6 Å². The fourth-order valence-corrected chi connectivity index (χ4v) is 8.15. The second kappa shape index (κ2) is 16.2. The molecule has 0 saturated carbocycles. The van der Waals surface area contributed by atoms with Gasteiger partial charge in [0, 0.05) is 19.2 Å². The molecule has 53 heavy (non-hydrogen) atoms. The Morgan fingerprint density at radius 1 is 0.962 bits per heavy atom. The van der Waals surface area contributed by atoms with Crippen molar-refractivity contribution in [2.45, 2.75) is 94.9 Å². The van der Waals surface area contributed by atoms with E-state index < -0.39 is 15.1 Å². The van der Waals surface area contributed by atoms with Gasteiger partial charge in [0.15, 0.2) is 15.7 Å². The van der Waals surface area contributed by atoms with Crippen molar-refractivity contribution in [3.8, 4) is 5.75 Å². The molecule has 0 radical (unpaired) electrons. The molecule has 3 N–H and O–H groups in total. The molecule has 12 nitrogen and oxygen atoms in total. The van der Waals surface area contributed by atoms with Gasteiger partial charge < -0.3 is 15.4 Å². The number of hydrogen-bond donors (Lipinski definition) is 3. The van der Waals surface area contributed by atoms with Crippen LogP contribution in [0.3, 0.4) is 0 Å². The summed E-state index contributed by atoms with van der Waals surface area (Å²) in [4.78, 5) is 40.0. The van der Waals surface area contributed by atoms with Gasteiger partial charge in [-0.2, -0.15) is 4.98 Å². The number of rotatable bonds is 12. The zero-order chi connectivity index (χ0) is 37.9. The van der Waals surface area contributed by atoms with E-state index in [9.17, 15) is 18.0 Å². The molecule has 2 aliphatic heterocycles. The molecular weight excluding hydrogens is 714 g/mol. The number of nitrogens with one attached hydrogen (secondary N) is 3. The van der Waals surface area contributed by atoms with Gasteiger partial charge in [0.05, 0.1) is 45.4 Å². The Bertz CT molecular complexity index is 2080. The molecule has 2 amide bonds. The molecule has 280 valence electrons. The van der Waals surface area contributed by atoms with Crippen molar-refractivity contribution < 1.29 is 22.7 Å². The summed E-state index contributed by atoms with van der Waals surface area (Å²) in [5.74, 6) is 0.768. The van der Waals surface area contributed by atoms with Crippen LogP contribution in [0.25, 0.3) is 0 Å². The van der Waals surface area contributed by atoms with E-state index in [0.717, 1.165) is 49.3 Å². The molecule has 6 rings (SSSR count). The standard InChI is InChI=1S/C39H46ClN7O5S/c1-23(2)52-34-19-30(26-14-16-47(17-15-26)22-28-11-10-27(20-41-28)29-12-13-36(48)45-38(29)49)25(5)18-33(34)44-39-42-21-31(40)37(46-39)43-32-8-6-7-9-35(32)53(50,51)24(3)4/h6-11,18-21,23-24,26,29H,12-17,22H2,1-5H3,(H,45,48,49)(H2,42,43,44,46). The van der Waals surface area contributed by atoms with Gasteiger partial charge in [0.2, 0.25) is 17.8 Å². The van der Waals surface area contributed by atoms with Crippen molar-refractivity contribution in [2.75, 3.05) is 23.7 Å². The van der Waals surface area contributed by atoms with Crippen LogP contribution in [0, 0.1) is 6.92 Å². The Balaban J connectivity index is 1.14. The molecule has 0 bridgehead atoms. The van der Waals surface area contributed by atoms with Gasteiger partial charge in [-0.05, 0) is 120 Å². The van der Waals surface area contributed by atoms with Gasteiger partial charge in [-0.1, -0.05) is 29.8 Å². The summed E-state index contributed by atoms with van der Waals surface area (Å²) in [5.41, 5.74) is 5.23. The molecular formula is C39H46ClN7O5S. The number of sulfone groups is 1. The quantitative estimate of drug-likeness (QED) is 0.126. The molecule has 0 spiro atoms. The lowest BCUT2D eigenvalue weighted by molar-refractivity contribution is -0.134. The number of aryl methyl sites for hydroxylation is 1. The molecule has 14 heteroatoms. The lowest BCUT2D eigenvalue weighted by Crippen LogP contribution is -2.39. The molecule has 1 unspecified atom stereocenters. The van der Waals surface area contributed by atoms with Gasteiger partial charge >= 0.3 is 0 Å². The van der Waals surface area contributed by atoms with Gasteiger partial charge in [-0.3, -0.25) is 24.8 Å². The number of anilines is 4. The van der Waals surface area contributed by atoms with Crippen LogP contribution in [-0.4, -0.2) is 64.5 Å². The van der Waals surface area contributed by atoms with Crippen molar-refractivity contribution in [1.82, 2.24) is 25.2 Å². The van der Waals surface area contributed by atoms with E-state index >= 15 is 0 Å². The minimum Gasteiger partial charge on any atom is -0.489 e. The van der Waals surface area contributed by atoms with Crippen molar-refractivity contribution in [3.63, 3.8) is 0 Å². The predicted molar refractivity (Wildman–Crippen MR) is 206 cm³/mol. The number of carbonyl (C=O) groups excluding carboxylic acids is 2. The molecule has 1 atom stereocenters. The van der Waals surface area contributed by atoms with Crippen LogP contribution < -0.4 is 20.7 Å². The number of halogens is 1. The normalized spacial score (nSPS) is 17.2. The molecule has 4 aromatic rings. The zero-order valence-corrected chi connectivity index (χ0v) is 32.2. The Morgan fingerprint density at radius 2 is 1.72 bits per heavy atom. The highest BCUT2D eigenvalue weighted by molar-refractivity contribution is 7.92. The Labute approximate surface area is 316 Å². The predicted octanol–water partition coefficient (Wildman–Crippen LogP) is 7.19. The van der Waals surface area contributed by atoms with Gasteiger partial charge in [0.25, 0.3) is 0 Å². The highest BCUT2D eigenvalue weighted by Crippen LogP contribution is 2.39. The maximum absolute atomic E-state index is 13.0. The summed E-state index contributed by atoms with van der Waals surface area (Å²) < 4.78 is 32.4. The second-order valence-electron chi connectivity index (χ2n) is 14.2. The second-order valence-corrected chi connectivity index (χ2v) is 17.1. The van der Waals surface area contributed by atoms with Crippen molar-refractivity contribution >= 4 is 56.4 Å². The number of hydrogen-bond acceptors (Lipinski definition) is 11. The number of likely N-dealkylation sites (tertiary alicyclic amines) is 1. The van der Waals surface area contributed by atoms with Crippen LogP contribution in [0.15, 0.2) is 65.8 Å². The summed E-state index contributed by atoms with van der Waals surface area (Å²) in [6.07, 6.45) is 5.97. The van der Waals surface area contributed by atoms with E-state index in [1.165, 1.54) is 11.8 Å². The summed E-state index contributed by atoms with van der Waals surface area (Å²) >= 11 is 6.49. The fraction of sp³-hybridized carbons (Fsp3) is 0.410. The molecule has 2 aromatic heterocycles. The summed E-state index contributed by atoms with van der Waals surface area (Å²) in [6.45, 7) is 11.9. The summed E-state index contributed by atoms with van der Waals surface area (Å²) in [5, 5.41) is 8.48. The van der Waals surface area contributed by atoms with Crippen LogP contribution in [0.2, 0.25) is 5.02 Å². The molecule has 2 fully saturated rings. The van der Waals surface area contributed by atoms with Crippen LogP contribution in [0.1, 0.15) is 87.6 Å². The lowest BCUT2D eigenvalue weighted by Gasteiger charge is -2.33. The van der Waals surface area contributed by atoms with Crippen LogP contribution in [0.4, 0.5) is 23.1 Å². The first-order valence-electron chi connectivity index (χ1n) is 18.0. The van der Waals surface area contributed by atoms with E-state index in [0.29, 0.717) is 35.9 Å². The first-order valence-corrected chi connectivity index (χ1v) is 19.9. The van der Waals surface area contributed by atoms with Crippen molar-refractivity contribution in [2.24, 2.45) is 0 Å². The number of imide groups is 1. The fourth-order valence-electron chi connectivity index (χ4n) is 6.81. The SMILES string of the molecule is Cc1cc(Nc2ncc(Cl)c(Nc3ccccc3S(=O)(=O)C(C)C)n2)c(OC(C)C)cc1C1CCN(Cc2ccc(C3CCC(=O)NC3=O)cn2)CC1. The van der Waals surface area contributed by atoms with E-state index in [1.807, 2.05) is 26.0 Å². The maximum atomic E-state index is 13.0. The number of benzene rings is 2. The number of nitrogens with zero attached hydrogens (tertiary/aromatic N) is 4. The molecule has 2 aliphatic rings. The number of aromatic nitrogens is 3. The number of para-hydroxylation sites is 1. The van der Waals surface area contributed by atoms with Gasteiger partial charge in [-0.25, -0.2) is 13.4 Å². The monoisotopic (exact) mass is 759 g/mol. The van der Waals surface area contributed by atoms with Crippen LogP contribution in [-0.2, 0) is 26.0 Å². The summed E-state index contributed by atoms with van der Waals surface area (Å²) in [6, 6.07) is 14.8. The topological polar surface area (TPSA) is 156 Å². The molecule has 2 saturated heterocycles. The Kier molecular flexibility index (Phi) is 11.7. The third-order valence-electron chi connectivity index (χ3n) is 9.69.